The predicted octanol–water partition coefficient (Wildman–Crippen LogP) is 1.85. The molecule has 2 aliphatic rings. The van der Waals surface area contributed by atoms with Gasteiger partial charge in [0.25, 0.3) is 0 Å². The molecule has 0 radical (unpaired) electrons. The molecule has 2 fully saturated rings. The van der Waals surface area contributed by atoms with E-state index < -0.39 is 5.79 Å². The number of carbonyl (C=O) groups excluding carboxylic acids is 2. The average Bonchev–Trinajstić information content (AvgIpc) is 2.94. The van der Waals surface area contributed by atoms with Gasteiger partial charge in [0.2, 0.25) is 0 Å². The molecule has 3 atom stereocenters. The Bertz CT molecular complexity index is 412. The summed E-state index contributed by atoms with van der Waals surface area (Å²) in [6, 6.07) is 0. The van der Waals surface area contributed by atoms with Crippen molar-refractivity contribution in [2.24, 2.45) is 11.8 Å². The van der Waals surface area contributed by atoms with E-state index in [1.54, 1.807) is 0 Å². The monoisotopic (exact) mass is 282 g/mol. The molecule has 0 bridgehead atoms. The van der Waals surface area contributed by atoms with Crippen molar-refractivity contribution in [3.05, 3.63) is 11.6 Å². The van der Waals surface area contributed by atoms with Crippen LogP contribution in [-0.2, 0) is 23.8 Å². The number of rotatable bonds is 4. The zero-order chi connectivity index (χ0) is 14.8. The molecule has 0 N–H and O–H groups in total. The zero-order valence-corrected chi connectivity index (χ0v) is 12.3. The number of ether oxygens (including phenoxy) is 3. The maximum atomic E-state index is 11.4. The Balaban J connectivity index is 2.12. The first-order chi connectivity index (χ1) is 9.46. The fourth-order valence-corrected chi connectivity index (χ4v) is 3.19. The van der Waals surface area contributed by atoms with E-state index in [1.165, 1.54) is 13.2 Å². The number of allylic oxidation sites excluding steroid dienone is 1. The van der Waals surface area contributed by atoms with Crippen LogP contribution in [0.4, 0.5) is 0 Å². The Morgan fingerprint density at radius 3 is 2.80 bits per heavy atom. The van der Waals surface area contributed by atoms with Gasteiger partial charge in [-0.2, -0.15) is 0 Å². The van der Waals surface area contributed by atoms with Crippen molar-refractivity contribution >= 4 is 12.3 Å². The topological polar surface area (TPSA) is 61.8 Å². The van der Waals surface area contributed by atoms with Gasteiger partial charge in [0, 0.05) is 12.5 Å². The number of hydrogen-bond donors (Lipinski definition) is 0. The summed E-state index contributed by atoms with van der Waals surface area (Å²) in [6.07, 6.45) is 4.54. The van der Waals surface area contributed by atoms with E-state index in [2.05, 4.69) is 4.74 Å². The van der Waals surface area contributed by atoms with Gasteiger partial charge in [0.05, 0.1) is 19.8 Å². The summed E-state index contributed by atoms with van der Waals surface area (Å²) in [5.41, 5.74) is 0.988. The number of methoxy groups -OCH3 is 1. The molecule has 0 unspecified atom stereocenters. The molecule has 0 aromatic carbocycles. The van der Waals surface area contributed by atoms with Crippen LogP contribution in [0.1, 0.15) is 33.1 Å². The Hall–Kier alpha value is -1.20. The largest absolute Gasteiger partial charge is 0.466 e. The van der Waals surface area contributed by atoms with E-state index in [4.69, 9.17) is 9.47 Å². The van der Waals surface area contributed by atoms with E-state index in [0.717, 1.165) is 24.7 Å². The summed E-state index contributed by atoms with van der Waals surface area (Å²) in [4.78, 5) is 22.3. The minimum Gasteiger partial charge on any atom is -0.466 e. The lowest BCUT2D eigenvalue weighted by atomic mass is 9.86. The molecular formula is C15H22O5. The van der Waals surface area contributed by atoms with E-state index in [1.807, 2.05) is 13.8 Å². The quantitative estimate of drug-likeness (QED) is 0.447. The second-order valence-electron chi connectivity index (χ2n) is 5.82. The second kappa shape index (κ2) is 6.06. The van der Waals surface area contributed by atoms with E-state index in [9.17, 15) is 9.59 Å². The van der Waals surface area contributed by atoms with E-state index in [0.29, 0.717) is 13.0 Å². The molecule has 0 spiro atoms. The maximum Gasteiger partial charge on any atom is 0.330 e. The molecule has 20 heavy (non-hydrogen) atoms. The van der Waals surface area contributed by atoms with E-state index in [-0.39, 0.29) is 23.9 Å². The zero-order valence-electron chi connectivity index (χ0n) is 12.3. The molecular weight excluding hydrogens is 260 g/mol. The van der Waals surface area contributed by atoms with Crippen molar-refractivity contribution in [1.29, 1.82) is 0 Å². The van der Waals surface area contributed by atoms with Gasteiger partial charge in [-0.05, 0) is 38.5 Å². The minimum absolute atomic E-state index is 0.0153. The summed E-state index contributed by atoms with van der Waals surface area (Å²) in [5, 5.41) is 0. The predicted molar refractivity (Wildman–Crippen MR) is 71.9 cm³/mol. The number of aldehydes is 1. The Morgan fingerprint density at radius 1 is 1.50 bits per heavy atom. The van der Waals surface area contributed by atoms with Gasteiger partial charge in [0.1, 0.15) is 6.29 Å². The molecule has 1 aliphatic carbocycles. The van der Waals surface area contributed by atoms with Crippen LogP contribution < -0.4 is 0 Å². The number of hydrogen-bond acceptors (Lipinski definition) is 5. The SMILES string of the molecule is COC(=O)/C=C1/CC[C@H]([C@@H]2COC(C)(C)O2)[C@H]1CC=O. The molecule has 1 saturated heterocycles. The van der Waals surface area contributed by atoms with Gasteiger partial charge in [-0.1, -0.05) is 5.57 Å². The van der Waals surface area contributed by atoms with Crippen LogP contribution in [0.15, 0.2) is 11.6 Å². The van der Waals surface area contributed by atoms with Crippen LogP contribution in [0, 0.1) is 11.8 Å². The first-order valence-electron chi connectivity index (χ1n) is 7.00. The molecule has 1 heterocycles. The summed E-state index contributed by atoms with van der Waals surface area (Å²) in [5.74, 6) is -0.655. The van der Waals surface area contributed by atoms with Crippen LogP contribution >= 0.6 is 0 Å². The third-order valence-electron chi connectivity index (χ3n) is 4.12. The lowest BCUT2D eigenvalue weighted by Gasteiger charge is -2.25. The summed E-state index contributed by atoms with van der Waals surface area (Å²) < 4.78 is 16.2. The molecule has 0 aromatic heterocycles. The van der Waals surface area contributed by atoms with Crippen molar-refractivity contribution in [3.8, 4) is 0 Å². The van der Waals surface area contributed by atoms with Crippen molar-refractivity contribution in [2.45, 2.75) is 45.0 Å². The highest BCUT2D eigenvalue weighted by Gasteiger charge is 2.43. The lowest BCUT2D eigenvalue weighted by Crippen LogP contribution is -2.29. The van der Waals surface area contributed by atoms with Crippen LogP contribution in [0.3, 0.4) is 0 Å². The fourth-order valence-electron chi connectivity index (χ4n) is 3.19. The third-order valence-corrected chi connectivity index (χ3v) is 4.12. The van der Waals surface area contributed by atoms with Crippen LogP contribution in [0.5, 0.6) is 0 Å². The third kappa shape index (κ3) is 3.27. The smallest absolute Gasteiger partial charge is 0.330 e. The molecule has 2 rings (SSSR count). The standard InChI is InChI=1S/C15H22O5/c1-15(2)19-9-13(20-15)12-5-4-10(8-14(17)18-3)11(12)6-7-16/h7-8,11-13H,4-6,9H2,1-3H3/b10-8-/t11-,12-,13-/m0/s1. The van der Waals surface area contributed by atoms with Crippen LogP contribution in [-0.4, -0.2) is 37.9 Å². The maximum absolute atomic E-state index is 11.4. The number of carbonyl (C=O) groups is 2. The van der Waals surface area contributed by atoms with Gasteiger partial charge in [0.15, 0.2) is 5.79 Å². The highest BCUT2D eigenvalue weighted by molar-refractivity contribution is 5.83. The molecule has 1 aliphatic heterocycles. The fraction of sp³-hybridized carbons (Fsp3) is 0.733. The Labute approximate surface area is 119 Å². The number of esters is 1. The molecule has 0 amide bonds. The molecule has 1 saturated carbocycles. The highest BCUT2D eigenvalue weighted by Crippen LogP contribution is 2.44. The van der Waals surface area contributed by atoms with Gasteiger partial charge in [-0.15, -0.1) is 0 Å². The van der Waals surface area contributed by atoms with Crippen LogP contribution in [0.2, 0.25) is 0 Å². The lowest BCUT2D eigenvalue weighted by molar-refractivity contribution is -0.146. The van der Waals surface area contributed by atoms with Gasteiger partial charge < -0.3 is 19.0 Å². The van der Waals surface area contributed by atoms with Crippen molar-refractivity contribution < 1.29 is 23.8 Å². The molecule has 112 valence electrons. The first kappa shape index (κ1) is 15.2. The molecule has 5 nitrogen and oxygen atoms in total. The summed E-state index contributed by atoms with van der Waals surface area (Å²) in [7, 11) is 1.36. The van der Waals surface area contributed by atoms with Gasteiger partial charge >= 0.3 is 5.97 Å². The summed E-state index contributed by atoms with van der Waals surface area (Å²) in [6.45, 7) is 4.32. The van der Waals surface area contributed by atoms with Crippen molar-refractivity contribution in [3.63, 3.8) is 0 Å². The van der Waals surface area contributed by atoms with Gasteiger partial charge in [-0.3, -0.25) is 0 Å². The average molecular weight is 282 g/mol. The normalized spacial score (nSPS) is 34.4. The molecule has 0 aromatic rings. The van der Waals surface area contributed by atoms with Crippen molar-refractivity contribution in [2.75, 3.05) is 13.7 Å². The Morgan fingerprint density at radius 2 is 2.25 bits per heavy atom. The highest BCUT2D eigenvalue weighted by atomic mass is 16.7. The minimum atomic E-state index is -0.564. The van der Waals surface area contributed by atoms with Crippen molar-refractivity contribution in [1.82, 2.24) is 0 Å². The van der Waals surface area contributed by atoms with Crippen LogP contribution in [0.25, 0.3) is 0 Å². The first-order valence-corrected chi connectivity index (χ1v) is 7.00. The second-order valence-corrected chi connectivity index (χ2v) is 5.82. The van der Waals surface area contributed by atoms with Gasteiger partial charge in [-0.25, -0.2) is 4.79 Å². The summed E-state index contributed by atoms with van der Waals surface area (Å²) >= 11 is 0. The molecule has 5 heteroatoms. The van der Waals surface area contributed by atoms with E-state index >= 15 is 0 Å². The Kier molecular flexibility index (Phi) is 4.60.